The third-order valence-electron chi connectivity index (χ3n) is 2.28. The maximum absolute atomic E-state index is 10.9. The zero-order chi connectivity index (χ0) is 12.3. The van der Waals surface area contributed by atoms with Crippen LogP contribution in [0.2, 0.25) is 0 Å². The lowest BCUT2D eigenvalue weighted by Crippen LogP contribution is -2.37. The van der Waals surface area contributed by atoms with Crippen molar-refractivity contribution in [1.82, 2.24) is 10.2 Å². The van der Waals surface area contributed by atoms with Crippen molar-refractivity contribution in [2.45, 2.75) is 39.8 Å². The van der Waals surface area contributed by atoms with E-state index in [1.54, 1.807) is 12.1 Å². The molecule has 0 aromatic carbocycles. The quantitative estimate of drug-likeness (QED) is 0.830. The zero-order valence-corrected chi connectivity index (χ0v) is 10.1. The number of anilines is 1. The number of aromatic nitrogens is 2. The van der Waals surface area contributed by atoms with Crippen molar-refractivity contribution in [3.05, 3.63) is 17.8 Å². The van der Waals surface area contributed by atoms with Gasteiger partial charge in [0.05, 0.1) is 0 Å². The van der Waals surface area contributed by atoms with Gasteiger partial charge in [-0.15, -0.1) is 10.2 Å². The van der Waals surface area contributed by atoms with Crippen LogP contribution < -0.4 is 10.6 Å². The fourth-order valence-electron chi connectivity index (χ4n) is 1.72. The summed E-state index contributed by atoms with van der Waals surface area (Å²) in [5.74, 6) is 0.203. The summed E-state index contributed by atoms with van der Waals surface area (Å²) in [5, 5.41) is 7.82. The van der Waals surface area contributed by atoms with Crippen LogP contribution >= 0.6 is 0 Å². The molecule has 0 fully saturated rings. The Bertz CT molecular complexity index is 351. The largest absolute Gasteiger partial charge is 0.364 e. The lowest BCUT2D eigenvalue weighted by molar-refractivity contribution is 0.0994. The molecule has 0 atom stereocenters. The van der Waals surface area contributed by atoms with Crippen LogP contribution in [0, 0.1) is 0 Å². The molecular weight excluding hydrogens is 204 g/mol. The first kappa shape index (κ1) is 12.4. The van der Waals surface area contributed by atoms with E-state index in [4.69, 9.17) is 5.73 Å². The molecule has 0 aliphatic heterocycles. The molecule has 2 N–H and O–H groups in total. The van der Waals surface area contributed by atoms with E-state index in [2.05, 4.69) is 42.8 Å². The Morgan fingerprint density at radius 2 is 1.75 bits per heavy atom. The van der Waals surface area contributed by atoms with E-state index in [1.807, 2.05) is 0 Å². The van der Waals surface area contributed by atoms with Crippen LogP contribution in [0.3, 0.4) is 0 Å². The smallest absolute Gasteiger partial charge is 0.269 e. The SMILES string of the molecule is CC(C)N(c1ccc(C(N)=O)nn1)C(C)C. The van der Waals surface area contributed by atoms with E-state index >= 15 is 0 Å². The van der Waals surface area contributed by atoms with E-state index in [1.165, 1.54) is 0 Å². The summed E-state index contributed by atoms with van der Waals surface area (Å²) >= 11 is 0. The first-order valence-electron chi connectivity index (χ1n) is 5.35. The highest BCUT2D eigenvalue weighted by Gasteiger charge is 2.16. The summed E-state index contributed by atoms with van der Waals surface area (Å²) in [5.41, 5.74) is 5.30. The molecule has 1 rings (SSSR count). The predicted molar refractivity (Wildman–Crippen MR) is 63.3 cm³/mol. The van der Waals surface area contributed by atoms with Gasteiger partial charge in [-0.2, -0.15) is 0 Å². The average molecular weight is 222 g/mol. The standard InChI is InChI=1S/C11H18N4O/c1-7(2)15(8(3)4)10-6-5-9(11(12)16)13-14-10/h5-8H,1-4H3,(H2,12,16). The Balaban J connectivity index is 2.99. The van der Waals surface area contributed by atoms with E-state index in [-0.39, 0.29) is 5.69 Å². The second kappa shape index (κ2) is 4.92. The average Bonchev–Trinajstić information content (AvgIpc) is 2.17. The highest BCUT2D eigenvalue weighted by molar-refractivity contribution is 5.90. The molecule has 16 heavy (non-hydrogen) atoms. The van der Waals surface area contributed by atoms with Crippen LogP contribution in [0.25, 0.3) is 0 Å². The molecule has 0 radical (unpaired) electrons. The van der Waals surface area contributed by atoms with Crippen LogP contribution in [0.4, 0.5) is 5.82 Å². The first-order valence-corrected chi connectivity index (χ1v) is 5.35. The molecule has 0 unspecified atom stereocenters. The summed E-state index contributed by atoms with van der Waals surface area (Å²) in [6.45, 7) is 8.35. The van der Waals surface area contributed by atoms with E-state index < -0.39 is 5.91 Å². The lowest BCUT2D eigenvalue weighted by Gasteiger charge is -2.31. The van der Waals surface area contributed by atoms with Gasteiger partial charge >= 0.3 is 0 Å². The van der Waals surface area contributed by atoms with E-state index in [9.17, 15) is 4.79 Å². The summed E-state index contributed by atoms with van der Waals surface area (Å²) in [6.07, 6.45) is 0. The molecule has 5 nitrogen and oxygen atoms in total. The number of hydrogen-bond acceptors (Lipinski definition) is 4. The van der Waals surface area contributed by atoms with Gasteiger partial charge in [-0.25, -0.2) is 0 Å². The molecule has 0 aliphatic rings. The molecule has 0 spiro atoms. The van der Waals surface area contributed by atoms with E-state index in [0.29, 0.717) is 12.1 Å². The molecule has 0 saturated heterocycles. The molecule has 0 bridgehead atoms. The van der Waals surface area contributed by atoms with Crippen molar-refractivity contribution in [1.29, 1.82) is 0 Å². The highest BCUT2D eigenvalue weighted by atomic mass is 16.1. The topological polar surface area (TPSA) is 72.1 Å². The number of carbonyl (C=O) groups is 1. The monoisotopic (exact) mass is 222 g/mol. The maximum Gasteiger partial charge on any atom is 0.269 e. The van der Waals surface area contributed by atoms with Gasteiger partial charge in [-0.05, 0) is 39.8 Å². The van der Waals surface area contributed by atoms with Crippen molar-refractivity contribution in [2.24, 2.45) is 5.73 Å². The lowest BCUT2D eigenvalue weighted by atomic mass is 10.2. The third kappa shape index (κ3) is 2.68. The molecule has 0 saturated carbocycles. The van der Waals surface area contributed by atoms with Crippen molar-refractivity contribution >= 4 is 11.7 Å². The number of hydrogen-bond donors (Lipinski definition) is 1. The number of primary amides is 1. The molecule has 1 aromatic heterocycles. The number of nitrogens with zero attached hydrogens (tertiary/aromatic N) is 3. The molecular formula is C11H18N4O. The fourth-order valence-corrected chi connectivity index (χ4v) is 1.72. The second-order valence-corrected chi connectivity index (χ2v) is 4.24. The molecule has 0 aliphatic carbocycles. The number of nitrogens with two attached hydrogens (primary N) is 1. The summed E-state index contributed by atoms with van der Waals surface area (Å²) in [7, 11) is 0. The van der Waals surface area contributed by atoms with Gasteiger partial charge in [0.25, 0.3) is 5.91 Å². The van der Waals surface area contributed by atoms with Gasteiger partial charge in [-0.1, -0.05) is 0 Å². The minimum Gasteiger partial charge on any atom is -0.364 e. The summed E-state index contributed by atoms with van der Waals surface area (Å²) < 4.78 is 0. The maximum atomic E-state index is 10.9. The Morgan fingerprint density at radius 3 is 2.06 bits per heavy atom. The second-order valence-electron chi connectivity index (χ2n) is 4.24. The van der Waals surface area contributed by atoms with Gasteiger partial charge in [0.15, 0.2) is 11.5 Å². The predicted octanol–water partition coefficient (Wildman–Crippen LogP) is 1.20. The minimum atomic E-state index is -0.556. The number of amides is 1. The zero-order valence-electron chi connectivity index (χ0n) is 10.1. The fraction of sp³-hybridized carbons (Fsp3) is 0.545. The van der Waals surface area contributed by atoms with Crippen LogP contribution in [-0.4, -0.2) is 28.2 Å². The van der Waals surface area contributed by atoms with E-state index in [0.717, 1.165) is 5.82 Å². The minimum absolute atomic E-state index is 0.191. The Morgan fingerprint density at radius 1 is 1.19 bits per heavy atom. The Hall–Kier alpha value is -1.65. The molecule has 88 valence electrons. The first-order chi connectivity index (χ1) is 7.43. The van der Waals surface area contributed by atoms with Crippen LogP contribution in [0.1, 0.15) is 38.2 Å². The summed E-state index contributed by atoms with van der Waals surface area (Å²) in [6, 6.07) is 4.03. The molecule has 1 heterocycles. The normalized spacial score (nSPS) is 10.9. The van der Waals surface area contributed by atoms with Crippen molar-refractivity contribution in [2.75, 3.05) is 4.90 Å². The van der Waals surface area contributed by atoms with Gasteiger partial charge in [0.1, 0.15) is 0 Å². The van der Waals surface area contributed by atoms with Gasteiger partial charge < -0.3 is 10.6 Å². The Labute approximate surface area is 95.7 Å². The number of carbonyl (C=O) groups excluding carboxylic acids is 1. The van der Waals surface area contributed by atoms with Gasteiger partial charge in [0.2, 0.25) is 0 Å². The molecule has 1 aromatic rings. The van der Waals surface area contributed by atoms with Crippen molar-refractivity contribution in [3.63, 3.8) is 0 Å². The summed E-state index contributed by atoms with van der Waals surface area (Å²) in [4.78, 5) is 13.0. The van der Waals surface area contributed by atoms with Crippen molar-refractivity contribution < 1.29 is 4.79 Å². The number of rotatable bonds is 4. The molecule has 1 amide bonds. The van der Waals surface area contributed by atoms with Crippen LogP contribution in [0.15, 0.2) is 12.1 Å². The third-order valence-corrected chi connectivity index (χ3v) is 2.28. The van der Waals surface area contributed by atoms with Gasteiger partial charge in [0, 0.05) is 12.1 Å². The highest BCUT2D eigenvalue weighted by Crippen LogP contribution is 2.16. The van der Waals surface area contributed by atoms with Gasteiger partial charge in [-0.3, -0.25) is 4.79 Å². The van der Waals surface area contributed by atoms with Crippen LogP contribution in [-0.2, 0) is 0 Å². The van der Waals surface area contributed by atoms with Crippen molar-refractivity contribution in [3.8, 4) is 0 Å². The van der Waals surface area contributed by atoms with Crippen LogP contribution in [0.5, 0.6) is 0 Å². The molecule has 5 heteroatoms. The Kier molecular flexibility index (Phi) is 3.82.